The number of aliphatic hydroxyl groups is 17. The van der Waals surface area contributed by atoms with Crippen molar-refractivity contribution in [3.63, 3.8) is 0 Å². The quantitative estimate of drug-likeness (QED) is 0.107. The molecular weight excluding hydrogens is 1240 g/mol. The molecule has 18 bridgehead atoms. The molecule has 35 atom stereocenters. The van der Waals surface area contributed by atoms with Crippen LogP contribution in [0.4, 0.5) is 0 Å². The second kappa shape index (κ2) is 30.1. The summed E-state index contributed by atoms with van der Waals surface area (Å²) in [6, 6.07) is 0. The topological polar surface area (TPSA) is 476 Å². The maximum absolute atomic E-state index is 12.4. The lowest BCUT2D eigenvalue weighted by molar-refractivity contribution is -0.395. The average molecular weight is 1340 g/mol. The van der Waals surface area contributed by atoms with Gasteiger partial charge < -0.3 is 158 Å². The Hall–Kier alpha value is -1.28. The summed E-state index contributed by atoms with van der Waals surface area (Å²) in [4.78, 5) is 2.15. The third kappa shape index (κ3) is 14.4. The van der Waals surface area contributed by atoms with Gasteiger partial charge in [-0.2, -0.15) is 0 Å². The predicted octanol–water partition coefficient (Wildman–Crippen LogP) is -6.79. The molecule has 14 heterocycles. The van der Waals surface area contributed by atoms with Gasteiger partial charge in [-0.1, -0.05) is 33.1 Å². The lowest BCUT2D eigenvalue weighted by Gasteiger charge is -2.57. The highest BCUT2D eigenvalue weighted by Gasteiger charge is 2.60. The second-order valence-corrected chi connectivity index (χ2v) is 28.7. The zero-order valence-corrected chi connectivity index (χ0v) is 52.3. The van der Waals surface area contributed by atoms with Crippen molar-refractivity contribution >= 4 is 0 Å². The first-order valence-corrected chi connectivity index (χ1v) is 33.7. The van der Waals surface area contributed by atoms with Crippen LogP contribution < -0.4 is 0 Å². The van der Waals surface area contributed by atoms with Crippen LogP contribution in [0.3, 0.4) is 0 Å². The van der Waals surface area contributed by atoms with E-state index in [-0.39, 0.29) is 18.4 Å². The molecule has 4 aliphatic carbocycles. The van der Waals surface area contributed by atoms with Crippen molar-refractivity contribution in [1.82, 2.24) is 4.90 Å². The number of nitrogens with zero attached hydrogens (tertiary/aromatic N) is 1. The summed E-state index contributed by atoms with van der Waals surface area (Å²) in [7, 11) is 0. The fourth-order valence-electron chi connectivity index (χ4n) is 17.5. The molecule has 0 amide bonds. The van der Waals surface area contributed by atoms with E-state index in [9.17, 15) is 86.8 Å². The van der Waals surface area contributed by atoms with Crippen molar-refractivity contribution in [2.24, 2.45) is 35.0 Å². The van der Waals surface area contributed by atoms with E-state index in [1.807, 2.05) is 0 Å². The molecule has 93 heavy (non-hydrogen) atoms. The molecule has 0 aromatic carbocycles. The monoisotopic (exact) mass is 1340 g/mol. The minimum Gasteiger partial charge on any atom is -0.394 e. The Morgan fingerprint density at radius 3 is 1.11 bits per heavy atom. The zero-order valence-electron chi connectivity index (χ0n) is 52.3. The van der Waals surface area contributed by atoms with E-state index in [1.165, 1.54) is 33.1 Å². The minimum atomic E-state index is -2.10. The molecule has 0 aromatic rings. The van der Waals surface area contributed by atoms with Gasteiger partial charge in [-0.15, -0.1) is 0 Å². The lowest BCUT2D eigenvalue weighted by atomic mass is 9.49. The van der Waals surface area contributed by atoms with Crippen LogP contribution in [0.1, 0.15) is 90.9 Å². The van der Waals surface area contributed by atoms with E-state index < -0.39 is 248 Å². The molecule has 536 valence electrons. The molecule has 0 radical (unpaired) electrons. The van der Waals surface area contributed by atoms with Crippen LogP contribution in [0.5, 0.6) is 0 Å². The molecule has 17 N–H and O–H groups in total. The van der Waals surface area contributed by atoms with Crippen molar-refractivity contribution in [1.29, 1.82) is 0 Å². The third-order valence-electron chi connectivity index (χ3n) is 22.4. The molecule has 32 heteroatoms. The maximum Gasteiger partial charge on any atom is 0.187 e. The van der Waals surface area contributed by atoms with Gasteiger partial charge in [0.1, 0.15) is 140 Å². The van der Waals surface area contributed by atoms with Gasteiger partial charge in [-0.25, -0.2) is 0 Å². The van der Waals surface area contributed by atoms with E-state index >= 15 is 0 Å². The minimum absolute atomic E-state index is 0.0453. The van der Waals surface area contributed by atoms with Crippen molar-refractivity contribution in [2.75, 3.05) is 52.7 Å². The molecule has 15 unspecified atom stereocenters. The van der Waals surface area contributed by atoms with Crippen LogP contribution in [0.2, 0.25) is 0 Å². The fraction of sp³-hybridized carbons (Fsp3) is 1.00. The summed E-state index contributed by atoms with van der Waals surface area (Å²) < 4.78 is 87.3. The average Bonchev–Trinajstić information content (AvgIpc) is 0.809. The first-order chi connectivity index (χ1) is 44.6. The largest absolute Gasteiger partial charge is 0.394 e. The summed E-state index contributed by atoms with van der Waals surface area (Å²) in [5.74, 6) is -0.242. The van der Waals surface area contributed by atoms with E-state index in [0.29, 0.717) is 56.5 Å². The van der Waals surface area contributed by atoms with Gasteiger partial charge in [0.15, 0.2) is 44.0 Å². The highest BCUT2D eigenvalue weighted by Crippen LogP contribution is 2.61. The van der Waals surface area contributed by atoms with Crippen LogP contribution in [0.15, 0.2) is 0 Å². The summed E-state index contributed by atoms with van der Waals surface area (Å²) in [6.07, 6.45) is -47.1. The molecule has 4 saturated carbocycles. The van der Waals surface area contributed by atoms with Gasteiger partial charge in [0.25, 0.3) is 0 Å². The number of aliphatic hydroxyl groups excluding tert-OH is 17. The Morgan fingerprint density at radius 2 is 0.656 bits per heavy atom. The van der Waals surface area contributed by atoms with Gasteiger partial charge in [0, 0.05) is 18.4 Å². The van der Waals surface area contributed by atoms with Gasteiger partial charge in [0.2, 0.25) is 0 Å². The lowest BCUT2D eigenvalue weighted by Crippen LogP contribution is -2.68. The molecule has 0 aromatic heterocycles. The van der Waals surface area contributed by atoms with Crippen molar-refractivity contribution in [3.8, 4) is 0 Å². The second-order valence-electron chi connectivity index (χ2n) is 28.7. The van der Waals surface area contributed by atoms with Gasteiger partial charge >= 0.3 is 0 Å². The number of rotatable bonds is 8. The van der Waals surface area contributed by atoms with E-state index in [1.54, 1.807) is 0 Å². The van der Waals surface area contributed by atoms with Crippen molar-refractivity contribution < 1.29 is 153 Å². The van der Waals surface area contributed by atoms with E-state index in [0.717, 1.165) is 25.7 Å². The standard InChI is InChI=1S/C61H101NO31/c1-23-36(69)55-83-30(18-63)47(23)87-56-42(75)37(70)48-28(80-56)7-5-3-4-6-9-62(10-8-61-14-25-11-26(15-61)13-27(12-25)16-61)17-29-49(89-58-44(77)40(73)53(34(22-67)84-58)93-60-46(79)39(72)51(91-55)32(20-65)86-60)38(71)43(76)57(81-29)92-52-33(21-66)85-59(45(78)41(52)74)90-50-31(19-64)82-54(88-48)24(2)35(50)68/h23-60,63-79H,3-22H2,1-2H3/t23?,24?,25?,26?,27?,28-,29-,30-,31-,32-,33-,34?,35?,36?,37?,38?,39?,40?,41?,42?,43?,44?,45?,46?,47+,48-,49-,50-,51-,52-,53-,54-,55-,56-,57-,58-,59-,60-,61?/m1/s1. The SMILES string of the molecule is CC1C(O)[C@@H]2O[C@H]3O[C@H](CO)[C@@H](O[C@H]4O[C@@H]5CN(CCC67CC8CC(CC(C8)C6)C7)CCCCCC[C@H]6O[C@H](O[C@H]7C(C)C(O)[C@H](O[C@@H]7CO)O[C@H]7C(O)C(O)[C@@H](O[C@@H]8C(CO)O[C@H](O[C@H]5C(O)C4O)C(O)C8O)O[C@@H]7CO)C(O)C(O)[C@@H]6O[C@H]1O[C@@H]2CO)C(O)C3O. The molecule has 32 nitrogen and oxygen atoms in total. The molecule has 18 rings (SSSR count). The van der Waals surface area contributed by atoms with Gasteiger partial charge in [-0.05, 0) is 94.0 Å². The van der Waals surface area contributed by atoms with Crippen molar-refractivity contribution in [3.05, 3.63) is 0 Å². The fourth-order valence-corrected chi connectivity index (χ4v) is 17.5. The van der Waals surface area contributed by atoms with Crippen LogP contribution in [0.25, 0.3) is 0 Å². The van der Waals surface area contributed by atoms with E-state index in [2.05, 4.69) is 4.90 Å². The van der Waals surface area contributed by atoms with Crippen LogP contribution in [-0.2, 0) is 66.3 Å². The summed E-state index contributed by atoms with van der Waals surface area (Å²) >= 11 is 0. The van der Waals surface area contributed by atoms with Crippen LogP contribution in [-0.4, -0.2) is 347 Å². The van der Waals surface area contributed by atoms with Gasteiger partial charge in [0.05, 0.1) is 51.3 Å². The Morgan fingerprint density at radius 1 is 0.323 bits per heavy atom. The Labute approximate surface area is 537 Å². The molecule has 14 saturated heterocycles. The Balaban J connectivity index is 0.914. The summed E-state index contributed by atoms with van der Waals surface area (Å²) in [6.45, 7) is -0.477. The maximum atomic E-state index is 12.4. The van der Waals surface area contributed by atoms with Crippen LogP contribution >= 0.6 is 0 Å². The number of hydrogen-bond acceptors (Lipinski definition) is 32. The molecule has 0 spiro atoms. The van der Waals surface area contributed by atoms with Crippen molar-refractivity contribution in [2.45, 2.75) is 294 Å². The summed E-state index contributed by atoms with van der Waals surface area (Å²) in [5, 5.41) is 197. The smallest absolute Gasteiger partial charge is 0.187 e. The highest BCUT2D eigenvalue weighted by atomic mass is 16.8. The van der Waals surface area contributed by atoms with Gasteiger partial charge in [-0.3, -0.25) is 0 Å². The molecule has 18 fully saturated rings. The highest BCUT2D eigenvalue weighted by molar-refractivity contribution is 5.04. The Kier molecular flexibility index (Phi) is 23.2. The Bertz CT molecular complexity index is 2330. The molecule has 14 aliphatic heterocycles. The molecular formula is C61H101NO31. The number of fused-ring (bicyclic) bond motifs is 5. The van der Waals surface area contributed by atoms with Crippen LogP contribution in [0, 0.1) is 35.0 Å². The number of hydrogen-bond donors (Lipinski definition) is 17. The first kappa shape index (κ1) is 71.5. The third-order valence-corrected chi connectivity index (χ3v) is 22.4. The first-order valence-electron chi connectivity index (χ1n) is 33.7. The molecule has 18 aliphatic rings. The predicted molar refractivity (Wildman–Crippen MR) is 305 cm³/mol. The number of ether oxygens (including phenoxy) is 14. The zero-order chi connectivity index (χ0) is 66.1. The normalized spacial score (nSPS) is 55.3. The summed E-state index contributed by atoms with van der Waals surface area (Å²) in [5.41, 5.74) is 0.0770. The van der Waals surface area contributed by atoms with E-state index in [4.69, 9.17) is 66.3 Å².